The van der Waals surface area contributed by atoms with Gasteiger partial charge in [-0.25, -0.2) is 0 Å². The van der Waals surface area contributed by atoms with Gasteiger partial charge in [0.15, 0.2) is 0 Å². The number of pyridine rings is 2. The Kier molecular flexibility index (Phi) is 8.34. The van der Waals surface area contributed by atoms with E-state index in [1.54, 1.807) is 0 Å². The van der Waals surface area contributed by atoms with E-state index >= 15 is 0 Å². The van der Waals surface area contributed by atoms with Crippen LogP contribution < -0.4 is 9.80 Å². The average Bonchev–Trinajstić information content (AvgIpc) is 3.60. The molecule has 0 unspecified atom stereocenters. The highest BCUT2D eigenvalue weighted by atomic mass is 15.1. The molecule has 0 N–H and O–H groups in total. The van der Waals surface area contributed by atoms with E-state index in [1.807, 2.05) is 24.8 Å². The van der Waals surface area contributed by atoms with E-state index in [1.165, 1.54) is 33.0 Å². The van der Waals surface area contributed by atoms with Crippen molar-refractivity contribution in [2.24, 2.45) is 0 Å². The van der Waals surface area contributed by atoms with Gasteiger partial charge in [0.2, 0.25) is 0 Å². The topological polar surface area (TPSA) is 32.3 Å². The van der Waals surface area contributed by atoms with E-state index in [0.29, 0.717) is 0 Å². The number of anilines is 6. The summed E-state index contributed by atoms with van der Waals surface area (Å²) in [5.74, 6) is 0. The van der Waals surface area contributed by atoms with Gasteiger partial charge >= 0.3 is 0 Å². The minimum absolute atomic E-state index is 0.706. The van der Waals surface area contributed by atoms with Crippen LogP contribution >= 0.6 is 0 Å². The molecule has 0 atom stereocenters. The Morgan fingerprint density at radius 3 is 1.39 bits per heavy atom. The van der Waals surface area contributed by atoms with Crippen molar-refractivity contribution >= 4 is 55.7 Å². The standard InChI is InChI=1S/C55H38N4/c1-5-19-43(20-6-1)58(44-21-7-2-8-22-44)47-30-29-39-35-52-50(34-40(39)33-47)51-36-53(59(45-23-9-3-10-24-45)46-25-11-4-12-26-46)48-27-13-14-28-49(48)54(51)55(52,41-17-15-31-56-37-41)42-18-16-32-57-38-42/h1-38H. The number of aromatic nitrogens is 2. The summed E-state index contributed by atoms with van der Waals surface area (Å²) in [7, 11) is 0. The summed E-state index contributed by atoms with van der Waals surface area (Å²) >= 11 is 0. The highest BCUT2D eigenvalue weighted by Gasteiger charge is 2.48. The molecule has 278 valence electrons. The maximum atomic E-state index is 4.77. The first-order chi connectivity index (χ1) is 29.3. The molecule has 59 heavy (non-hydrogen) atoms. The van der Waals surface area contributed by atoms with Crippen molar-refractivity contribution in [1.82, 2.24) is 9.97 Å². The third kappa shape index (κ3) is 5.60. The maximum Gasteiger partial charge on any atom is 0.0749 e. The molecule has 4 nitrogen and oxygen atoms in total. The van der Waals surface area contributed by atoms with Gasteiger partial charge in [0.05, 0.1) is 11.1 Å². The molecule has 0 fully saturated rings. The molecule has 0 saturated carbocycles. The molecule has 0 saturated heterocycles. The summed E-state index contributed by atoms with van der Waals surface area (Å²) in [6.07, 6.45) is 7.81. The molecule has 2 aromatic heterocycles. The fourth-order valence-electron chi connectivity index (χ4n) is 9.37. The molecular formula is C55H38N4. The van der Waals surface area contributed by atoms with Crippen LogP contribution in [0.4, 0.5) is 34.1 Å². The number of benzene rings is 8. The van der Waals surface area contributed by atoms with Crippen LogP contribution in [0.3, 0.4) is 0 Å². The fraction of sp³-hybridized carbons (Fsp3) is 0.0182. The normalized spacial score (nSPS) is 12.5. The van der Waals surface area contributed by atoms with E-state index in [9.17, 15) is 0 Å². The summed E-state index contributed by atoms with van der Waals surface area (Å²) in [5.41, 5.74) is 12.9. The first-order valence-corrected chi connectivity index (χ1v) is 20.1. The van der Waals surface area contributed by atoms with Crippen LogP contribution in [-0.2, 0) is 5.41 Å². The Morgan fingerprint density at radius 2 is 0.864 bits per heavy atom. The molecule has 11 rings (SSSR count). The van der Waals surface area contributed by atoms with E-state index in [2.05, 4.69) is 216 Å². The number of rotatable bonds is 8. The van der Waals surface area contributed by atoms with Crippen molar-refractivity contribution in [1.29, 1.82) is 0 Å². The molecule has 1 aliphatic rings. The number of fused-ring (bicyclic) bond motifs is 6. The van der Waals surface area contributed by atoms with Crippen molar-refractivity contribution in [3.05, 3.63) is 253 Å². The van der Waals surface area contributed by atoms with Crippen LogP contribution in [0.25, 0.3) is 32.7 Å². The minimum atomic E-state index is -0.706. The highest BCUT2D eigenvalue weighted by molar-refractivity contribution is 6.10. The Labute approximate surface area is 344 Å². The van der Waals surface area contributed by atoms with E-state index in [-0.39, 0.29) is 0 Å². The third-order valence-corrected chi connectivity index (χ3v) is 11.8. The van der Waals surface area contributed by atoms with Crippen molar-refractivity contribution in [2.75, 3.05) is 9.80 Å². The number of hydrogen-bond donors (Lipinski definition) is 0. The molecule has 0 amide bonds. The molecule has 1 aliphatic carbocycles. The predicted molar refractivity (Wildman–Crippen MR) is 244 cm³/mol. The number of hydrogen-bond acceptors (Lipinski definition) is 4. The van der Waals surface area contributed by atoms with Crippen LogP contribution in [0.2, 0.25) is 0 Å². The maximum absolute atomic E-state index is 4.77. The van der Waals surface area contributed by atoms with Gasteiger partial charge < -0.3 is 9.80 Å². The largest absolute Gasteiger partial charge is 0.310 e. The molecule has 8 aromatic carbocycles. The van der Waals surface area contributed by atoms with Crippen LogP contribution in [0.15, 0.2) is 231 Å². The van der Waals surface area contributed by atoms with Gasteiger partial charge in [0.25, 0.3) is 0 Å². The Bertz CT molecular complexity index is 2970. The monoisotopic (exact) mass is 754 g/mol. The Hall–Kier alpha value is -7.82. The zero-order chi connectivity index (χ0) is 39.2. The Balaban J connectivity index is 1.25. The quantitative estimate of drug-likeness (QED) is 0.155. The van der Waals surface area contributed by atoms with Crippen molar-refractivity contribution in [2.45, 2.75) is 5.41 Å². The van der Waals surface area contributed by atoms with Gasteiger partial charge in [-0.3, -0.25) is 9.97 Å². The fourth-order valence-corrected chi connectivity index (χ4v) is 9.37. The van der Waals surface area contributed by atoms with Crippen LogP contribution in [0.1, 0.15) is 22.3 Å². The van der Waals surface area contributed by atoms with Crippen LogP contribution in [0, 0.1) is 0 Å². The second-order valence-corrected chi connectivity index (χ2v) is 15.0. The second-order valence-electron chi connectivity index (χ2n) is 15.0. The molecule has 0 radical (unpaired) electrons. The van der Waals surface area contributed by atoms with Crippen molar-refractivity contribution in [3.8, 4) is 11.1 Å². The summed E-state index contributed by atoms with van der Waals surface area (Å²) in [6, 6.07) is 74.2. The molecule has 4 heteroatoms. The lowest BCUT2D eigenvalue weighted by atomic mass is 9.67. The van der Waals surface area contributed by atoms with Gasteiger partial charge in [0.1, 0.15) is 0 Å². The van der Waals surface area contributed by atoms with Crippen LogP contribution in [0.5, 0.6) is 0 Å². The summed E-state index contributed by atoms with van der Waals surface area (Å²) in [6.45, 7) is 0. The summed E-state index contributed by atoms with van der Waals surface area (Å²) in [5, 5.41) is 4.68. The molecule has 0 spiro atoms. The minimum Gasteiger partial charge on any atom is -0.310 e. The summed E-state index contributed by atoms with van der Waals surface area (Å²) in [4.78, 5) is 14.3. The molecule has 2 heterocycles. The smallest absolute Gasteiger partial charge is 0.0749 e. The van der Waals surface area contributed by atoms with Crippen molar-refractivity contribution in [3.63, 3.8) is 0 Å². The lowest BCUT2D eigenvalue weighted by Crippen LogP contribution is -2.29. The number of nitrogens with zero attached hydrogens (tertiary/aromatic N) is 4. The predicted octanol–water partition coefficient (Wildman–Crippen LogP) is 14.1. The van der Waals surface area contributed by atoms with Gasteiger partial charge in [-0.2, -0.15) is 0 Å². The van der Waals surface area contributed by atoms with E-state index < -0.39 is 5.41 Å². The first-order valence-electron chi connectivity index (χ1n) is 20.1. The third-order valence-electron chi connectivity index (χ3n) is 11.8. The molecule has 0 aliphatic heterocycles. The van der Waals surface area contributed by atoms with Gasteiger partial charge in [-0.15, -0.1) is 0 Å². The van der Waals surface area contributed by atoms with Gasteiger partial charge in [-0.1, -0.05) is 115 Å². The SMILES string of the molecule is c1ccc(N(c2ccccc2)c2ccc3cc4c(cc3c2)-c2cc(N(c3ccccc3)c3ccccc3)c3ccccc3c2C4(c2cccnc2)c2cccnc2)cc1. The zero-order valence-electron chi connectivity index (χ0n) is 32.2. The lowest BCUT2D eigenvalue weighted by molar-refractivity contribution is 0.765. The molecule has 0 bridgehead atoms. The first kappa shape index (κ1) is 34.4. The zero-order valence-corrected chi connectivity index (χ0v) is 32.2. The highest BCUT2D eigenvalue weighted by Crippen LogP contribution is 2.60. The van der Waals surface area contributed by atoms with Crippen molar-refractivity contribution < 1.29 is 0 Å². The van der Waals surface area contributed by atoms with Gasteiger partial charge in [-0.05, 0) is 141 Å². The second kappa shape index (κ2) is 14.3. The van der Waals surface area contributed by atoms with Gasteiger partial charge in [0, 0.05) is 58.6 Å². The molecular weight excluding hydrogens is 717 g/mol. The summed E-state index contributed by atoms with van der Waals surface area (Å²) < 4.78 is 0. The Morgan fingerprint density at radius 1 is 0.356 bits per heavy atom. The number of para-hydroxylation sites is 4. The molecule has 10 aromatic rings. The average molecular weight is 755 g/mol. The van der Waals surface area contributed by atoms with E-state index in [0.717, 1.165) is 56.0 Å². The van der Waals surface area contributed by atoms with E-state index in [4.69, 9.17) is 9.97 Å². The lowest BCUT2D eigenvalue weighted by Gasteiger charge is -2.35. The van der Waals surface area contributed by atoms with Crippen LogP contribution in [-0.4, -0.2) is 9.97 Å².